The number of nitrogens with one attached hydrogen (secondary N) is 1. The Morgan fingerprint density at radius 2 is 1.67 bits per heavy atom. The maximum atomic E-state index is 14.7. The van der Waals surface area contributed by atoms with Gasteiger partial charge < -0.3 is 10.1 Å². The number of aromatic nitrogens is 1. The van der Waals surface area contributed by atoms with Crippen molar-refractivity contribution in [1.82, 2.24) is 15.2 Å². The van der Waals surface area contributed by atoms with Crippen molar-refractivity contribution >= 4 is 40.6 Å². The first-order chi connectivity index (χ1) is 22.1. The minimum Gasteiger partial charge on any atom is -0.497 e. The molecular formula is C39H40N3O2P. The number of benzene rings is 4. The molecule has 5 unspecified atom stereocenters. The van der Waals surface area contributed by atoms with Crippen LogP contribution in [-0.4, -0.2) is 42.0 Å². The molecule has 3 fully saturated rings. The Morgan fingerprint density at radius 1 is 0.956 bits per heavy atom. The summed E-state index contributed by atoms with van der Waals surface area (Å²) in [5.74, 6) is 2.17. The lowest BCUT2D eigenvalue weighted by Crippen LogP contribution is -2.57. The van der Waals surface area contributed by atoms with E-state index in [2.05, 4.69) is 107 Å². The Kier molecular flexibility index (Phi) is 8.65. The Morgan fingerprint density at radius 3 is 2.33 bits per heavy atom. The Labute approximate surface area is 267 Å². The summed E-state index contributed by atoms with van der Waals surface area (Å²) in [5.41, 5.74) is 2.75. The molecule has 0 spiro atoms. The van der Waals surface area contributed by atoms with Crippen LogP contribution in [0.2, 0.25) is 0 Å². The van der Waals surface area contributed by atoms with Gasteiger partial charge in [0, 0.05) is 29.7 Å². The number of hydrogen-bond donors (Lipinski definition) is 1. The predicted octanol–water partition coefficient (Wildman–Crippen LogP) is 6.59. The molecule has 0 saturated carbocycles. The van der Waals surface area contributed by atoms with Crippen molar-refractivity contribution in [3.05, 3.63) is 127 Å². The second-order valence-electron chi connectivity index (χ2n) is 12.3. The molecule has 5 nitrogen and oxygen atoms in total. The summed E-state index contributed by atoms with van der Waals surface area (Å²) in [6.07, 6.45) is 5.41. The van der Waals surface area contributed by atoms with Gasteiger partial charge in [-0.15, -0.1) is 0 Å². The number of fused-ring (bicyclic) bond motifs is 4. The van der Waals surface area contributed by atoms with E-state index in [1.807, 2.05) is 30.5 Å². The van der Waals surface area contributed by atoms with Gasteiger partial charge in [0.05, 0.1) is 18.7 Å². The average molecular weight is 614 g/mol. The molecule has 2 bridgehead atoms. The molecule has 4 aromatic carbocycles. The zero-order valence-corrected chi connectivity index (χ0v) is 26.9. The number of carbonyl (C=O) groups is 1. The van der Waals surface area contributed by atoms with E-state index >= 15 is 0 Å². The van der Waals surface area contributed by atoms with Crippen molar-refractivity contribution < 1.29 is 9.53 Å². The third-order valence-corrected chi connectivity index (χ3v) is 12.4. The van der Waals surface area contributed by atoms with Crippen LogP contribution in [-0.2, 0) is 0 Å². The lowest BCUT2D eigenvalue weighted by molar-refractivity contribution is -0.0152. The van der Waals surface area contributed by atoms with Crippen LogP contribution >= 0.6 is 7.92 Å². The van der Waals surface area contributed by atoms with Crippen molar-refractivity contribution in [1.29, 1.82) is 0 Å². The number of methoxy groups -OCH3 is 1. The van der Waals surface area contributed by atoms with Gasteiger partial charge in [0.1, 0.15) is 5.75 Å². The summed E-state index contributed by atoms with van der Waals surface area (Å²) in [6.45, 7) is 4.49. The molecule has 1 N–H and O–H groups in total. The number of amides is 1. The van der Waals surface area contributed by atoms with Gasteiger partial charge >= 0.3 is 0 Å². The fraction of sp³-hybridized carbons (Fsp3) is 0.282. The van der Waals surface area contributed by atoms with E-state index in [0.717, 1.165) is 58.5 Å². The minimum absolute atomic E-state index is 0.0301. The molecule has 0 radical (unpaired) electrons. The van der Waals surface area contributed by atoms with E-state index in [9.17, 15) is 4.79 Å². The summed E-state index contributed by atoms with van der Waals surface area (Å²) in [4.78, 5) is 22.0. The number of hydrogen-bond acceptors (Lipinski definition) is 4. The fourth-order valence-corrected chi connectivity index (χ4v) is 10.0. The zero-order chi connectivity index (χ0) is 30.8. The first-order valence-corrected chi connectivity index (χ1v) is 17.5. The first-order valence-electron chi connectivity index (χ1n) is 16.1. The van der Waals surface area contributed by atoms with Gasteiger partial charge in [-0.3, -0.25) is 14.7 Å². The van der Waals surface area contributed by atoms with Gasteiger partial charge in [-0.2, -0.15) is 0 Å². The lowest BCUT2D eigenvalue weighted by Gasteiger charge is -2.52. The third kappa shape index (κ3) is 5.88. The highest BCUT2D eigenvalue weighted by molar-refractivity contribution is 7.80. The van der Waals surface area contributed by atoms with Crippen LogP contribution in [0.3, 0.4) is 0 Å². The SMILES string of the molecule is CCC1CN2CCC1CC2C(NC(=O)c1ccccc1P(c1ccccc1)c1ccccc1)c1ccnc2ccc(OC)cc12. The molecule has 5 atom stereocenters. The van der Waals surface area contributed by atoms with Crippen LogP contribution in [0.25, 0.3) is 10.9 Å². The van der Waals surface area contributed by atoms with Crippen LogP contribution in [0.15, 0.2) is 115 Å². The molecule has 1 aromatic heterocycles. The Hall–Kier alpha value is -4.05. The van der Waals surface area contributed by atoms with E-state index in [4.69, 9.17) is 4.74 Å². The van der Waals surface area contributed by atoms with E-state index < -0.39 is 7.92 Å². The minimum atomic E-state index is -0.939. The number of ether oxygens (including phenoxy) is 1. The van der Waals surface area contributed by atoms with E-state index in [-0.39, 0.29) is 18.0 Å². The second-order valence-corrected chi connectivity index (χ2v) is 14.5. The van der Waals surface area contributed by atoms with Gasteiger partial charge in [-0.25, -0.2) is 0 Å². The van der Waals surface area contributed by atoms with Crippen molar-refractivity contribution in [2.75, 3.05) is 20.2 Å². The molecule has 1 amide bonds. The Balaban J connectivity index is 1.32. The predicted molar refractivity (Wildman–Crippen MR) is 186 cm³/mol. The topological polar surface area (TPSA) is 54.5 Å². The lowest BCUT2D eigenvalue weighted by atomic mass is 9.72. The van der Waals surface area contributed by atoms with Crippen molar-refractivity contribution in [2.24, 2.45) is 11.8 Å². The summed E-state index contributed by atoms with van der Waals surface area (Å²) in [6, 6.07) is 37.5. The molecule has 4 heterocycles. The van der Waals surface area contributed by atoms with Crippen molar-refractivity contribution in [3.63, 3.8) is 0 Å². The van der Waals surface area contributed by atoms with Crippen molar-refractivity contribution in [2.45, 2.75) is 38.3 Å². The molecule has 8 rings (SSSR count). The standard InChI is InChI=1S/C39H40N3O2P/c1-3-27-26-42-23-21-28(27)24-36(42)38(32-20-22-40-35-19-18-29(44-2)25-34(32)35)41-39(43)33-16-10-11-17-37(33)45(30-12-6-4-7-13-30)31-14-8-5-9-15-31/h4-20,22,25,27-28,36,38H,3,21,23-24,26H2,1-2H3,(H,41,43). The quantitative estimate of drug-likeness (QED) is 0.191. The van der Waals surface area contributed by atoms with Crippen LogP contribution in [0.4, 0.5) is 0 Å². The van der Waals surface area contributed by atoms with Crippen LogP contribution < -0.4 is 26.0 Å². The number of piperidine rings is 3. The molecule has 3 saturated heterocycles. The highest BCUT2D eigenvalue weighted by Crippen LogP contribution is 2.43. The second kappa shape index (κ2) is 13.1. The summed E-state index contributed by atoms with van der Waals surface area (Å²) in [5, 5.41) is 8.18. The maximum absolute atomic E-state index is 14.7. The van der Waals surface area contributed by atoms with Gasteiger partial charge in [0.15, 0.2) is 0 Å². The van der Waals surface area contributed by atoms with E-state index in [1.54, 1.807) is 7.11 Å². The molecule has 3 aliphatic heterocycles. The Bertz CT molecular complexity index is 1740. The molecule has 0 aliphatic carbocycles. The monoisotopic (exact) mass is 613 g/mol. The number of carbonyl (C=O) groups excluding carboxylic acids is 1. The average Bonchev–Trinajstić information content (AvgIpc) is 3.11. The normalized spacial score (nSPS) is 21.5. The number of rotatable bonds is 9. The first kappa shape index (κ1) is 29.6. The molecular weight excluding hydrogens is 573 g/mol. The van der Waals surface area contributed by atoms with Gasteiger partial charge in [-0.1, -0.05) is 92.2 Å². The smallest absolute Gasteiger partial charge is 0.252 e. The van der Waals surface area contributed by atoms with Gasteiger partial charge in [-0.05, 0) is 91.0 Å². The number of pyridine rings is 1. The van der Waals surface area contributed by atoms with Crippen LogP contribution in [0.5, 0.6) is 5.75 Å². The number of nitrogens with zero attached hydrogens (tertiary/aromatic N) is 2. The van der Waals surface area contributed by atoms with E-state index in [0.29, 0.717) is 5.92 Å². The third-order valence-electron chi connectivity index (χ3n) is 9.87. The van der Waals surface area contributed by atoms with Gasteiger partial charge in [0.2, 0.25) is 0 Å². The fourth-order valence-electron chi connectivity index (χ4n) is 7.58. The molecule has 6 heteroatoms. The molecule has 45 heavy (non-hydrogen) atoms. The summed E-state index contributed by atoms with van der Waals surface area (Å²) in [7, 11) is 0.757. The molecule has 5 aromatic rings. The summed E-state index contributed by atoms with van der Waals surface area (Å²) < 4.78 is 5.63. The maximum Gasteiger partial charge on any atom is 0.252 e. The zero-order valence-electron chi connectivity index (χ0n) is 26.0. The van der Waals surface area contributed by atoms with Crippen LogP contribution in [0, 0.1) is 11.8 Å². The molecule has 228 valence electrons. The van der Waals surface area contributed by atoms with E-state index in [1.165, 1.54) is 23.5 Å². The van der Waals surface area contributed by atoms with Crippen molar-refractivity contribution in [3.8, 4) is 5.75 Å². The highest BCUT2D eigenvalue weighted by atomic mass is 31.1. The van der Waals surface area contributed by atoms with Crippen LogP contribution in [0.1, 0.15) is 48.1 Å². The van der Waals surface area contributed by atoms with Gasteiger partial charge in [0.25, 0.3) is 5.91 Å². The molecule has 3 aliphatic rings. The largest absolute Gasteiger partial charge is 0.497 e. The summed E-state index contributed by atoms with van der Waals surface area (Å²) >= 11 is 0. The highest BCUT2D eigenvalue weighted by Gasteiger charge is 2.43.